The average molecular weight is 495 g/mol. The van der Waals surface area contributed by atoms with Crippen LogP contribution in [0, 0.1) is 27.7 Å². The van der Waals surface area contributed by atoms with Gasteiger partial charge in [0, 0.05) is 0 Å². The molecule has 0 amide bonds. The predicted molar refractivity (Wildman–Crippen MR) is 135 cm³/mol. The van der Waals surface area contributed by atoms with Crippen LogP contribution >= 0.6 is 0 Å². The molecule has 0 bridgehead atoms. The first-order valence-electron chi connectivity index (χ1n) is 11.6. The molecule has 4 rings (SSSR count). The van der Waals surface area contributed by atoms with E-state index >= 15 is 0 Å². The molecule has 2 aromatic rings. The van der Waals surface area contributed by atoms with Gasteiger partial charge in [-0.3, -0.25) is 0 Å². The third-order valence-corrected chi connectivity index (χ3v) is 56.2. The van der Waals surface area contributed by atoms with Gasteiger partial charge in [0.25, 0.3) is 0 Å². The molecule has 0 radical (unpaired) electrons. The van der Waals surface area contributed by atoms with Gasteiger partial charge in [0.1, 0.15) is 0 Å². The Balaban J connectivity index is 2.03. The summed E-state index contributed by atoms with van der Waals surface area (Å²) in [5.74, 6) is -0.951. The van der Waals surface area contributed by atoms with Crippen molar-refractivity contribution in [2.45, 2.75) is 71.2 Å². The van der Waals surface area contributed by atoms with Crippen LogP contribution in [0.5, 0.6) is 0 Å². The molecule has 0 aromatic heterocycles. The van der Waals surface area contributed by atoms with Gasteiger partial charge in [-0.25, -0.2) is 0 Å². The first-order valence-corrected chi connectivity index (χ1v) is 26.5. The predicted octanol–water partition coefficient (Wildman–Crippen LogP) is 8.31. The maximum absolute atomic E-state index is 3.38. The standard InChI is InChI=1S/2C12H13.C2H7Si.2CH3.Zr/c2*1-8-4-10(3)12-7-9(2)6-11(12)5-8;1-3-2;;;/h2*4-7H,1-3H3;3H,1-2H3;2*1H3;. The van der Waals surface area contributed by atoms with E-state index in [9.17, 15) is 0 Å². The summed E-state index contributed by atoms with van der Waals surface area (Å²) >= 11 is -3.38. The summed E-state index contributed by atoms with van der Waals surface area (Å²) in [5, 5.41) is 0. The van der Waals surface area contributed by atoms with Gasteiger partial charge in [-0.2, -0.15) is 0 Å². The first-order chi connectivity index (χ1) is 13.9. The van der Waals surface area contributed by atoms with Crippen molar-refractivity contribution < 1.29 is 17.9 Å². The fourth-order valence-electron chi connectivity index (χ4n) is 7.26. The number of aryl methyl sites for hydroxylation is 4. The minimum atomic E-state index is -3.38. The van der Waals surface area contributed by atoms with E-state index in [1.165, 1.54) is 33.4 Å². The number of rotatable bonds is 3. The van der Waals surface area contributed by atoms with Crippen molar-refractivity contribution in [1.29, 1.82) is 0 Å². The molecule has 0 fully saturated rings. The van der Waals surface area contributed by atoms with Crippen LogP contribution in [0.25, 0.3) is 12.2 Å². The molecule has 0 saturated heterocycles. The Morgan fingerprint density at radius 2 is 1.00 bits per heavy atom. The average Bonchev–Trinajstić information content (AvgIpc) is 3.12. The van der Waals surface area contributed by atoms with Crippen LogP contribution in [0.1, 0.15) is 65.6 Å². The van der Waals surface area contributed by atoms with Crippen molar-refractivity contribution in [3.8, 4) is 0 Å². The Hall–Kier alpha value is -0.980. The van der Waals surface area contributed by atoms with Crippen LogP contribution in [0.15, 0.2) is 35.4 Å². The van der Waals surface area contributed by atoms with Crippen LogP contribution in [0.3, 0.4) is 0 Å². The molecule has 0 nitrogen and oxygen atoms in total. The van der Waals surface area contributed by atoms with Gasteiger partial charge < -0.3 is 0 Å². The van der Waals surface area contributed by atoms with E-state index in [0.29, 0.717) is 7.25 Å². The number of allylic oxidation sites excluding steroid dienone is 2. The zero-order chi connectivity index (χ0) is 22.2. The SMILES string of the molecule is CC1=Cc2c(C)cc(C)cc2[CH]1[Zr]([CH3])([CH3])([CH]1C(C)=Cc2c(C)cc(C)cc21)[SiH](C)C. The summed E-state index contributed by atoms with van der Waals surface area (Å²) in [6, 6.07) is 9.81. The fourth-order valence-corrected chi connectivity index (χ4v) is 37.9. The van der Waals surface area contributed by atoms with E-state index in [1.807, 2.05) is 0 Å². The Morgan fingerprint density at radius 1 is 0.633 bits per heavy atom. The molecule has 0 aliphatic heterocycles. The molecule has 2 heteroatoms. The Labute approximate surface area is 186 Å². The molecule has 0 spiro atoms. The third kappa shape index (κ3) is 2.93. The van der Waals surface area contributed by atoms with E-state index in [0.717, 1.165) is 0 Å². The van der Waals surface area contributed by atoms with E-state index in [-0.39, 0.29) is 0 Å². The van der Waals surface area contributed by atoms with Crippen LogP contribution in [0.2, 0.25) is 22.4 Å². The van der Waals surface area contributed by atoms with Crippen molar-refractivity contribution in [2.24, 2.45) is 0 Å². The van der Waals surface area contributed by atoms with Crippen LogP contribution in [-0.2, 0) is 17.9 Å². The van der Waals surface area contributed by atoms with Crippen molar-refractivity contribution in [3.05, 3.63) is 79.9 Å². The summed E-state index contributed by atoms with van der Waals surface area (Å²) in [5.41, 5.74) is 15.4. The van der Waals surface area contributed by atoms with Gasteiger partial charge >= 0.3 is 187 Å². The van der Waals surface area contributed by atoms with Crippen LogP contribution in [0.4, 0.5) is 0 Å². The Kier molecular flexibility index (Phi) is 5.19. The summed E-state index contributed by atoms with van der Waals surface area (Å²) in [6.07, 6.45) is 5.09. The Morgan fingerprint density at radius 3 is 1.33 bits per heavy atom. The summed E-state index contributed by atoms with van der Waals surface area (Å²) in [6.45, 7) is 19.4. The normalized spacial score (nSPS) is 21.8. The van der Waals surface area contributed by atoms with Crippen LogP contribution < -0.4 is 0 Å². The Bertz CT molecular complexity index is 1050. The van der Waals surface area contributed by atoms with E-state index in [2.05, 4.69) is 100 Å². The molecular weight excluding hydrogens is 456 g/mol. The maximum atomic E-state index is 2.85. The second-order valence-electron chi connectivity index (χ2n) is 11.7. The molecule has 2 aliphatic rings. The minimum absolute atomic E-state index is 0.673. The number of hydrogen-bond donors (Lipinski definition) is 0. The molecule has 2 atom stereocenters. The van der Waals surface area contributed by atoms with Crippen molar-refractivity contribution in [3.63, 3.8) is 0 Å². The van der Waals surface area contributed by atoms with Gasteiger partial charge in [0.05, 0.1) is 0 Å². The van der Waals surface area contributed by atoms with Gasteiger partial charge in [0.2, 0.25) is 0 Å². The first kappa shape index (κ1) is 22.2. The van der Waals surface area contributed by atoms with E-state index in [4.69, 9.17) is 0 Å². The quantitative estimate of drug-likeness (QED) is 0.376. The molecule has 0 N–H and O–H groups in total. The van der Waals surface area contributed by atoms with E-state index in [1.54, 1.807) is 22.3 Å². The third-order valence-electron chi connectivity index (χ3n) is 9.05. The molecule has 2 aromatic carbocycles. The molecule has 0 saturated carbocycles. The zero-order valence-electron chi connectivity index (χ0n) is 20.7. The van der Waals surface area contributed by atoms with Crippen molar-refractivity contribution >= 4 is 18.1 Å². The second-order valence-corrected chi connectivity index (χ2v) is 49.6. The molecule has 30 heavy (non-hydrogen) atoms. The van der Waals surface area contributed by atoms with Gasteiger partial charge in [0.15, 0.2) is 0 Å². The number of hydrogen-bond acceptors (Lipinski definition) is 0. The summed E-state index contributed by atoms with van der Waals surface area (Å²) in [4.78, 5) is 0. The summed E-state index contributed by atoms with van der Waals surface area (Å²) < 4.78 is 7.04. The van der Waals surface area contributed by atoms with Gasteiger partial charge in [-0.15, -0.1) is 0 Å². The molecular formula is C28H39SiZr. The number of fused-ring (bicyclic) bond motifs is 2. The molecule has 2 aliphatic carbocycles. The topological polar surface area (TPSA) is 0 Å². The second kappa shape index (κ2) is 7.01. The van der Waals surface area contributed by atoms with Gasteiger partial charge in [-0.05, 0) is 0 Å². The molecule has 2 unspecified atom stereocenters. The van der Waals surface area contributed by atoms with Gasteiger partial charge in [-0.1, -0.05) is 0 Å². The molecule has 0 heterocycles. The monoisotopic (exact) mass is 493 g/mol. The van der Waals surface area contributed by atoms with Crippen molar-refractivity contribution in [2.75, 3.05) is 0 Å². The van der Waals surface area contributed by atoms with Crippen LogP contribution in [-0.4, -0.2) is 5.92 Å². The zero-order valence-corrected chi connectivity index (χ0v) is 24.3. The summed E-state index contributed by atoms with van der Waals surface area (Å²) in [7, 11) is 0. The fraction of sp³-hybridized carbons (Fsp3) is 0.429. The van der Waals surface area contributed by atoms with E-state index < -0.39 is 23.9 Å². The molecule has 159 valence electrons. The number of benzene rings is 2. The van der Waals surface area contributed by atoms with Crippen molar-refractivity contribution in [1.82, 2.24) is 0 Å².